The Morgan fingerprint density at radius 1 is 1.40 bits per heavy atom. The lowest BCUT2D eigenvalue weighted by Gasteiger charge is -2.06. The zero-order valence-corrected chi connectivity index (χ0v) is 6.97. The van der Waals surface area contributed by atoms with Gasteiger partial charge in [-0.1, -0.05) is 6.92 Å². The normalized spacial score (nSPS) is 13.5. The molecule has 0 bridgehead atoms. The standard InChI is InChI=1S/C8H18O2/c1-3-8(9)6-5-7-10-4-2/h8-9H,3-7H2,1-2H3. The summed E-state index contributed by atoms with van der Waals surface area (Å²) in [5, 5.41) is 9.10. The van der Waals surface area contributed by atoms with Crippen molar-refractivity contribution in [2.75, 3.05) is 13.2 Å². The van der Waals surface area contributed by atoms with E-state index in [1.165, 1.54) is 0 Å². The summed E-state index contributed by atoms with van der Waals surface area (Å²) < 4.78 is 5.12. The van der Waals surface area contributed by atoms with Gasteiger partial charge in [0.25, 0.3) is 0 Å². The molecule has 0 fully saturated rings. The lowest BCUT2D eigenvalue weighted by molar-refractivity contribution is 0.112. The first-order valence-corrected chi connectivity index (χ1v) is 4.07. The van der Waals surface area contributed by atoms with Crippen LogP contribution in [0, 0.1) is 0 Å². The Labute approximate surface area is 63.2 Å². The van der Waals surface area contributed by atoms with Crippen LogP contribution in [0.1, 0.15) is 33.1 Å². The highest BCUT2D eigenvalue weighted by Crippen LogP contribution is 2.00. The van der Waals surface area contributed by atoms with Crippen LogP contribution in [0.2, 0.25) is 0 Å². The molecule has 1 unspecified atom stereocenters. The van der Waals surface area contributed by atoms with Gasteiger partial charge in [0, 0.05) is 13.2 Å². The molecule has 0 amide bonds. The molecule has 62 valence electrons. The average molecular weight is 146 g/mol. The minimum atomic E-state index is -0.125. The highest BCUT2D eigenvalue weighted by molar-refractivity contribution is 4.50. The predicted molar refractivity (Wildman–Crippen MR) is 42.0 cm³/mol. The first-order chi connectivity index (χ1) is 4.81. The first-order valence-electron chi connectivity index (χ1n) is 4.07. The van der Waals surface area contributed by atoms with E-state index >= 15 is 0 Å². The zero-order chi connectivity index (χ0) is 7.82. The minimum absolute atomic E-state index is 0.125. The van der Waals surface area contributed by atoms with Gasteiger partial charge < -0.3 is 9.84 Å². The summed E-state index contributed by atoms with van der Waals surface area (Å²) in [4.78, 5) is 0. The molecule has 0 aromatic carbocycles. The van der Waals surface area contributed by atoms with Gasteiger partial charge in [-0.25, -0.2) is 0 Å². The van der Waals surface area contributed by atoms with Crippen molar-refractivity contribution in [3.63, 3.8) is 0 Å². The summed E-state index contributed by atoms with van der Waals surface area (Å²) in [5.74, 6) is 0. The Balaban J connectivity index is 2.89. The molecule has 0 saturated heterocycles. The maximum Gasteiger partial charge on any atom is 0.0538 e. The third-order valence-electron chi connectivity index (χ3n) is 1.50. The Morgan fingerprint density at radius 3 is 2.60 bits per heavy atom. The maximum absolute atomic E-state index is 9.10. The molecule has 0 spiro atoms. The van der Waals surface area contributed by atoms with Crippen molar-refractivity contribution in [3.8, 4) is 0 Å². The average Bonchev–Trinajstić information content (AvgIpc) is 1.98. The molecule has 10 heavy (non-hydrogen) atoms. The van der Waals surface area contributed by atoms with Gasteiger partial charge in [0.1, 0.15) is 0 Å². The summed E-state index contributed by atoms with van der Waals surface area (Å²) in [7, 11) is 0. The van der Waals surface area contributed by atoms with Crippen LogP contribution in [0.4, 0.5) is 0 Å². The van der Waals surface area contributed by atoms with Crippen molar-refractivity contribution in [1.29, 1.82) is 0 Å². The minimum Gasteiger partial charge on any atom is -0.393 e. The highest BCUT2D eigenvalue weighted by Gasteiger charge is 1.98. The van der Waals surface area contributed by atoms with Crippen LogP contribution in [-0.4, -0.2) is 24.4 Å². The molecule has 0 rings (SSSR count). The summed E-state index contributed by atoms with van der Waals surface area (Å²) >= 11 is 0. The van der Waals surface area contributed by atoms with Gasteiger partial charge in [0.15, 0.2) is 0 Å². The molecule has 1 N–H and O–H groups in total. The van der Waals surface area contributed by atoms with Gasteiger partial charge in [-0.3, -0.25) is 0 Å². The SMILES string of the molecule is CCOCCCC(O)CC. The van der Waals surface area contributed by atoms with E-state index in [0.29, 0.717) is 0 Å². The maximum atomic E-state index is 9.10. The zero-order valence-electron chi connectivity index (χ0n) is 6.97. The topological polar surface area (TPSA) is 29.5 Å². The first kappa shape index (κ1) is 9.92. The van der Waals surface area contributed by atoms with E-state index in [1.54, 1.807) is 0 Å². The van der Waals surface area contributed by atoms with E-state index in [-0.39, 0.29) is 6.10 Å². The molecule has 2 nitrogen and oxygen atoms in total. The molecule has 0 aromatic rings. The Hall–Kier alpha value is -0.0800. The van der Waals surface area contributed by atoms with Crippen molar-refractivity contribution in [2.24, 2.45) is 0 Å². The van der Waals surface area contributed by atoms with Gasteiger partial charge in [-0.2, -0.15) is 0 Å². The second-order valence-electron chi connectivity index (χ2n) is 2.40. The van der Waals surface area contributed by atoms with Gasteiger partial charge in [0.05, 0.1) is 6.10 Å². The van der Waals surface area contributed by atoms with Crippen molar-refractivity contribution in [1.82, 2.24) is 0 Å². The van der Waals surface area contributed by atoms with Crippen molar-refractivity contribution in [2.45, 2.75) is 39.2 Å². The smallest absolute Gasteiger partial charge is 0.0538 e. The largest absolute Gasteiger partial charge is 0.393 e. The van der Waals surface area contributed by atoms with Crippen LogP contribution in [0.3, 0.4) is 0 Å². The Bertz CT molecular complexity index is 64.3. The second-order valence-corrected chi connectivity index (χ2v) is 2.40. The molecular formula is C8H18O2. The van der Waals surface area contributed by atoms with Crippen LogP contribution in [0.25, 0.3) is 0 Å². The molecule has 0 radical (unpaired) electrons. The third-order valence-corrected chi connectivity index (χ3v) is 1.50. The monoisotopic (exact) mass is 146 g/mol. The molecule has 0 aliphatic carbocycles. The lowest BCUT2D eigenvalue weighted by Crippen LogP contribution is -2.05. The van der Waals surface area contributed by atoms with Gasteiger partial charge in [-0.15, -0.1) is 0 Å². The fourth-order valence-corrected chi connectivity index (χ4v) is 0.769. The van der Waals surface area contributed by atoms with Crippen LogP contribution in [-0.2, 0) is 4.74 Å². The fourth-order valence-electron chi connectivity index (χ4n) is 0.769. The number of ether oxygens (including phenoxy) is 1. The number of hydrogen-bond donors (Lipinski definition) is 1. The molecule has 0 saturated carbocycles. The quantitative estimate of drug-likeness (QED) is 0.576. The van der Waals surface area contributed by atoms with Crippen LogP contribution in [0.15, 0.2) is 0 Å². The second kappa shape index (κ2) is 7.03. The van der Waals surface area contributed by atoms with Crippen LogP contribution >= 0.6 is 0 Å². The molecular weight excluding hydrogens is 128 g/mol. The summed E-state index contributed by atoms with van der Waals surface area (Å²) in [6, 6.07) is 0. The van der Waals surface area contributed by atoms with Gasteiger partial charge >= 0.3 is 0 Å². The van der Waals surface area contributed by atoms with E-state index < -0.39 is 0 Å². The van der Waals surface area contributed by atoms with Crippen molar-refractivity contribution >= 4 is 0 Å². The summed E-state index contributed by atoms with van der Waals surface area (Å²) in [5.41, 5.74) is 0. The Morgan fingerprint density at radius 2 is 2.10 bits per heavy atom. The predicted octanol–water partition coefficient (Wildman–Crippen LogP) is 1.57. The lowest BCUT2D eigenvalue weighted by atomic mass is 10.2. The molecule has 0 aliphatic heterocycles. The third kappa shape index (κ3) is 6.05. The van der Waals surface area contributed by atoms with E-state index in [9.17, 15) is 0 Å². The number of aliphatic hydroxyl groups is 1. The summed E-state index contributed by atoms with van der Waals surface area (Å²) in [6.45, 7) is 5.54. The number of hydrogen-bond acceptors (Lipinski definition) is 2. The fraction of sp³-hybridized carbons (Fsp3) is 1.00. The summed E-state index contributed by atoms with van der Waals surface area (Å²) in [6.07, 6.45) is 2.58. The van der Waals surface area contributed by atoms with E-state index in [2.05, 4.69) is 0 Å². The van der Waals surface area contributed by atoms with Crippen LogP contribution in [0.5, 0.6) is 0 Å². The van der Waals surface area contributed by atoms with E-state index in [0.717, 1.165) is 32.5 Å². The van der Waals surface area contributed by atoms with Gasteiger partial charge in [0.2, 0.25) is 0 Å². The van der Waals surface area contributed by atoms with Crippen molar-refractivity contribution < 1.29 is 9.84 Å². The highest BCUT2D eigenvalue weighted by atomic mass is 16.5. The van der Waals surface area contributed by atoms with Crippen LogP contribution < -0.4 is 0 Å². The molecule has 0 aliphatic rings. The number of rotatable bonds is 6. The Kier molecular flexibility index (Phi) is 6.98. The van der Waals surface area contributed by atoms with E-state index in [1.807, 2.05) is 13.8 Å². The molecule has 2 heteroatoms. The molecule has 0 aromatic heterocycles. The molecule has 1 atom stereocenters. The van der Waals surface area contributed by atoms with Crippen molar-refractivity contribution in [3.05, 3.63) is 0 Å². The number of aliphatic hydroxyl groups excluding tert-OH is 1. The van der Waals surface area contributed by atoms with E-state index in [4.69, 9.17) is 9.84 Å². The van der Waals surface area contributed by atoms with Gasteiger partial charge in [-0.05, 0) is 26.2 Å². The molecule has 0 heterocycles.